The predicted octanol–water partition coefficient (Wildman–Crippen LogP) is 1.42. The summed E-state index contributed by atoms with van der Waals surface area (Å²) in [7, 11) is -0.177. The Kier molecular flexibility index (Phi) is 6.21. The van der Waals surface area contributed by atoms with E-state index in [9.17, 15) is 13.2 Å². The number of carbonyl (C=O) groups excluding carboxylic acids is 1. The minimum absolute atomic E-state index is 0.00151. The van der Waals surface area contributed by atoms with Crippen LogP contribution in [0.1, 0.15) is 39.4 Å². The van der Waals surface area contributed by atoms with Crippen LogP contribution < -0.4 is 10.1 Å². The number of sulfonamides is 1. The summed E-state index contributed by atoms with van der Waals surface area (Å²) in [5, 5.41) is 3.06. The zero-order valence-electron chi connectivity index (χ0n) is 15.2. The molecule has 1 aliphatic heterocycles. The number of thiophene rings is 1. The third-order valence-corrected chi connectivity index (χ3v) is 8.12. The molecule has 0 unspecified atom stereocenters. The quantitative estimate of drug-likeness (QED) is 0.746. The molecular formula is C17H26N2O5S2. The highest BCUT2D eigenvalue weighted by atomic mass is 32.2. The highest BCUT2D eigenvalue weighted by Crippen LogP contribution is 2.40. The van der Waals surface area contributed by atoms with Crippen LogP contribution in [0.25, 0.3) is 0 Å². The maximum atomic E-state index is 12.7. The molecule has 1 amide bonds. The molecule has 0 spiro atoms. The predicted molar refractivity (Wildman–Crippen MR) is 101 cm³/mol. The van der Waals surface area contributed by atoms with Crippen molar-refractivity contribution in [3.8, 4) is 5.75 Å². The van der Waals surface area contributed by atoms with Crippen LogP contribution in [0.5, 0.6) is 5.75 Å². The number of rotatable bonds is 7. The average molecular weight is 403 g/mol. The fourth-order valence-electron chi connectivity index (χ4n) is 3.59. The van der Waals surface area contributed by atoms with Gasteiger partial charge in [0.05, 0.1) is 19.5 Å². The van der Waals surface area contributed by atoms with Crippen LogP contribution >= 0.6 is 11.3 Å². The Morgan fingerprint density at radius 1 is 1.27 bits per heavy atom. The molecule has 1 aromatic rings. The van der Waals surface area contributed by atoms with Gasteiger partial charge in [0.1, 0.15) is 10.6 Å². The smallest absolute Gasteiger partial charge is 0.265 e. The zero-order valence-corrected chi connectivity index (χ0v) is 16.9. The molecule has 2 aliphatic rings. The van der Waals surface area contributed by atoms with Crippen LogP contribution in [-0.2, 0) is 27.6 Å². The number of ether oxygens (including phenoxy) is 2. The van der Waals surface area contributed by atoms with E-state index < -0.39 is 10.0 Å². The minimum atomic E-state index is -3.28. The Morgan fingerprint density at radius 3 is 2.65 bits per heavy atom. The Balaban J connectivity index is 1.58. The number of carbonyl (C=O) groups is 1. The van der Waals surface area contributed by atoms with Gasteiger partial charge in [-0.1, -0.05) is 0 Å². The summed E-state index contributed by atoms with van der Waals surface area (Å²) < 4.78 is 36.3. The number of nitrogens with one attached hydrogen (secondary N) is 1. The summed E-state index contributed by atoms with van der Waals surface area (Å²) in [6, 6.07) is -0.0157. The van der Waals surface area contributed by atoms with Crippen LogP contribution in [0, 0.1) is 0 Å². The molecule has 0 bridgehead atoms. The number of hydrogen-bond donors (Lipinski definition) is 1. The van der Waals surface area contributed by atoms with Crippen molar-refractivity contribution in [2.45, 2.75) is 38.1 Å². The van der Waals surface area contributed by atoms with Crippen molar-refractivity contribution in [1.82, 2.24) is 9.62 Å². The van der Waals surface area contributed by atoms with E-state index in [1.165, 1.54) is 33.2 Å². The second-order valence-corrected chi connectivity index (χ2v) is 9.87. The first-order valence-corrected chi connectivity index (χ1v) is 11.3. The lowest BCUT2D eigenvalue weighted by molar-refractivity contribution is 0.0925. The van der Waals surface area contributed by atoms with E-state index in [2.05, 4.69) is 5.32 Å². The molecule has 1 fully saturated rings. The van der Waals surface area contributed by atoms with Crippen LogP contribution in [-0.4, -0.2) is 64.3 Å². The van der Waals surface area contributed by atoms with E-state index >= 15 is 0 Å². The lowest BCUT2D eigenvalue weighted by atomic mass is 10.1. The van der Waals surface area contributed by atoms with Crippen molar-refractivity contribution in [2.75, 3.05) is 39.7 Å². The van der Waals surface area contributed by atoms with Crippen LogP contribution in [0.2, 0.25) is 0 Å². The summed E-state index contributed by atoms with van der Waals surface area (Å²) in [6.45, 7) is 1.05. The van der Waals surface area contributed by atoms with E-state index in [0.29, 0.717) is 30.8 Å². The van der Waals surface area contributed by atoms with E-state index in [0.717, 1.165) is 25.0 Å². The Labute approximate surface area is 158 Å². The zero-order chi connectivity index (χ0) is 18.7. The lowest BCUT2D eigenvalue weighted by Crippen LogP contribution is -2.47. The molecule has 7 nitrogen and oxygen atoms in total. The van der Waals surface area contributed by atoms with E-state index in [1.54, 1.807) is 7.11 Å². The minimum Gasteiger partial charge on any atom is -0.495 e. The first-order chi connectivity index (χ1) is 12.5. The van der Waals surface area contributed by atoms with Gasteiger partial charge in [0.15, 0.2) is 0 Å². The molecule has 1 N–H and O–H groups in total. The Hall–Kier alpha value is -1.16. The fraction of sp³-hybridized carbons (Fsp3) is 0.706. The topological polar surface area (TPSA) is 84.9 Å². The fourth-order valence-corrected chi connectivity index (χ4v) is 6.25. The molecule has 146 valence electrons. The van der Waals surface area contributed by atoms with Gasteiger partial charge in [0.2, 0.25) is 10.0 Å². The normalized spacial score (nSPS) is 18.7. The second kappa shape index (κ2) is 8.24. The number of fused-ring (bicyclic) bond motifs is 1. The molecule has 0 radical (unpaired) electrons. The van der Waals surface area contributed by atoms with Gasteiger partial charge in [-0.2, -0.15) is 0 Å². The van der Waals surface area contributed by atoms with Gasteiger partial charge in [-0.15, -0.1) is 11.3 Å². The van der Waals surface area contributed by atoms with Crippen LogP contribution in [0.3, 0.4) is 0 Å². The largest absolute Gasteiger partial charge is 0.495 e. The van der Waals surface area contributed by atoms with E-state index in [1.807, 2.05) is 0 Å². The highest BCUT2D eigenvalue weighted by molar-refractivity contribution is 7.89. The first-order valence-electron chi connectivity index (χ1n) is 8.92. The summed E-state index contributed by atoms with van der Waals surface area (Å²) in [4.78, 5) is 14.6. The van der Waals surface area contributed by atoms with Gasteiger partial charge in [-0.25, -0.2) is 12.7 Å². The summed E-state index contributed by atoms with van der Waals surface area (Å²) >= 11 is 1.53. The summed E-state index contributed by atoms with van der Waals surface area (Å²) in [5.74, 6) is 0.611. The molecule has 0 saturated carbocycles. The number of nitrogens with zero attached hydrogens (tertiary/aromatic N) is 1. The molecule has 3 rings (SSSR count). The maximum absolute atomic E-state index is 12.7. The molecular weight excluding hydrogens is 376 g/mol. The molecule has 1 saturated heterocycles. The Morgan fingerprint density at radius 2 is 2.00 bits per heavy atom. The standard InChI is InChI=1S/C17H26N2O5S2/c1-23-10-11-26(21,22)19-8-6-12(7-9-19)18-17(20)16-15(24-2)13-4-3-5-14(13)25-16/h12H,3-11H2,1-2H3,(H,18,20). The number of amides is 1. The highest BCUT2D eigenvalue weighted by Gasteiger charge is 2.31. The van der Waals surface area contributed by atoms with Gasteiger partial charge in [0, 0.05) is 36.7 Å². The number of hydrogen-bond acceptors (Lipinski definition) is 6. The third kappa shape index (κ3) is 4.05. The number of piperidine rings is 1. The first kappa shape index (κ1) is 19.6. The average Bonchev–Trinajstić information content (AvgIpc) is 3.21. The molecule has 0 aromatic carbocycles. The van der Waals surface area contributed by atoms with Crippen molar-refractivity contribution >= 4 is 27.3 Å². The van der Waals surface area contributed by atoms with Gasteiger partial charge < -0.3 is 14.8 Å². The van der Waals surface area contributed by atoms with Gasteiger partial charge >= 0.3 is 0 Å². The van der Waals surface area contributed by atoms with Crippen LogP contribution in [0.15, 0.2) is 0 Å². The molecule has 1 aliphatic carbocycles. The van der Waals surface area contributed by atoms with Gasteiger partial charge in [-0.3, -0.25) is 4.79 Å². The Bertz CT molecular complexity index is 751. The van der Waals surface area contributed by atoms with E-state index in [4.69, 9.17) is 9.47 Å². The molecule has 9 heteroatoms. The number of methoxy groups -OCH3 is 2. The lowest BCUT2D eigenvalue weighted by Gasteiger charge is -2.31. The van der Waals surface area contributed by atoms with Crippen molar-refractivity contribution in [3.63, 3.8) is 0 Å². The van der Waals surface area contributed by atoms with Crippen molar-refractivity contribution in [3.05, 3.63) is 15.3 Å². The molecule has 0 atom stereocenters. The molecule has 2 heterocycles. The van der Waals surface area contributed by atoms with Crippen molar-refractivity contribution < 1.29 is 22.7 Å². The van der Waals surface area contributed by atoms with Crippen molar-refractivity contribution in [2.24, 2.45) is 0 Å². The van der Waals surface area contributed by atoms with Gasteiger partial charge in [0.25, 0.3) is 5.91 Å². The summed E-state index contributed by atoms with van der Waals surface area (Å²) in [6.07, 6.45) is 4.34. The van der Waals surface area contributed by atoms with Crippen molar-refractivity contribution in [1.29, 1.82) is 0 Å². The number of aryl methyl sites for hydroxylation is 1. The van der Waals surface area contributed by atoms with E-state index in [-0.39, 0.29) is 24.3 Å². The van der Waals surface area contributed by atoms with Crippen LogP contribution in [0.4, 0.5) is 0 Å². The maximum Gasteiger partial charge on any atom is 0.265 e. The second-order valence-electron chi connectivity index (χ2n) is 6.68. The molecule has 1 aromatic heterocycles. The summed E-state index contributed by atoms with van der Waals surface area (Å²) in [5.41, 5.74) is 1.18. The van der Waals surface area contributed by atoms with Gasteiger partial charge in [-0.05, 0) is 32.1 Å². The third-order valence-electron chi connectivity index (χ3n) is 5.01. The monoisotopic (exact) mass is 402 g/mol. The SMILES string of the molecule is COCCS(=O)(=O)N1CCC(NC(=O)c2sc3c(c2OC)CCC3)CC1. The molecule has 26 heavy (non-hydrogen) atoms.